The van der Waals surface area contributed by atoms with E-state index >= 15 is 0 Å². The molecule has 3 aromatic rings. The quantitative estimate of drug-likeness (QED) is 0.689. The summed E-state index contributed by atoms with van der Waals surface area (Å²) in [6.07, 6.45) is -0.378. The summed E-state index contributed by atoms with van der Waals surface area (Å²) in [4.78, 5) is 24.7. The number of amides is 1. The van der Waals surface area contributed by atoms with Crippen molar-refractivity contribution in [3.8, 4) is 11.6 Å². The number of carbonyl (C=O) groups is 1. The number of rotatable bonds is 6. The maximum absolute atomic E-state index is 13.1. The molecule has 1 atom stereocenters. The summed E-state index contributed by atoms with van der Waals surface area (Å²) in [5.74, 6) is -0.601. The molecule has 3 rings (SSSR count). The first-order valence-electron chi connectivity index (χ1n) is 9.28. The monoisotopic (exact) mass is 395 g/mol. The van der Waals surface area contributed by atoms with Crippen LogP contribution < -0.4 is 15.6 Å². The molecule has 1 unspecified atom stereocenters. The molecule has 0 aliphatic heterocycles. The third-order valence-electron chi connectivity index (χ3n) is 4.55. The van der Waals surface area contributed by atoms with Crippen molar-refractivity contribution >= 4 is 11.6 Å². The lowest BCUT2D eigenvalue weighted by Gasteiger charge is -2.17. The molecule has 29 heavy (non-hydrogen) atoms. The van der Waals surface area contributed by atoms with Crippen LogP contribution in [0.2, 0.25) is 0 Å². The van der Waals surface area contributed by atoms with Gasteiger partial charge >= 0.3 is 0 Å². The highest BCUT2D eigenvalue weighted by atomic mass is 19.1. The standard InChI is InChI=1S/C22H22FN3O3/c1-4-19(22(28)24-17-8-5-14(2)15(3)13-17)29-20-11-12-21(27)26(25-20)18-9-6-16(23)7-10-18/h5-13,19H,4H2,1-3H3,(H,24,28). The Kier molecular flexibility index (Phi) is 6.07. The number of halogens is 1. The van der Waals surface area contributed by atoms with Gasteiger partial charge in [-0.05, 0) is 67.8 Å². The van der Waals surface area contributed by atoms with Crippen molar-refractivity contribution < 1.29 is 13.9 Å². The average molecular weight is 395 g/mol. The number of nitrogens with zero attached hydrogens (tertiary/aromatic N) is 2. The topological polar surface area (TPSA) is 73.2 Å². The van der Waals surface area contributed by atoms with E-state index < -0.39 is 17.5 Å². The Morgan fingerprint density at radius 3 is 2.48 bits per heavy atom. The fourth-order valence-electron chi connectivity index (χ4n) is 2.73. The summed E-state index contributed by atoms with van der Waals surface area (Å²) < 4.78 is 20.0. The van der Waals surface area contributed by atoms with Crippen LogP contribution in [0.4, 0.5) is 10.1 Å². The lowest BCUT2D eigenvalue weighted by atomic mass is 10.1. The first-order valence-corrected chi connectivity index (χ1v) is 9.28. The summed E-state index contributed by atoms with van der Waals surface area (Å²) in [5, 5.41) is 7.00. The number of aryl methyl sites for hydroxylation is 2. The van der Waals surface area contributed by atoms with Gasteiger partial charge in [-0.1, -0.05) is 13.0 Å². The second kappa shape index (κ2) is 8.68. The number of ether oxygens (including phenoxy) is 1. The van der Waals surface area contributed by atoms with Crippen LogP contribution in [-0.4, -0.2) is 21.8 Å². The highest BCUT2D eigenvalue weighted by molar-refractivity contribution is 5.94. The minimum atomic E-state index is -0.789. The summed E-state index contributed by atoms with van der Waals surface area (Å²) in [6, 6.07) is 13.7. The molecular formula is C22H22FN3O3. The van der Waals surface area contributed by atoms with Crippen molar-refractivity contribution in [3.05, 3.63) is 81.9 Å². The van der Waals surface area contributed by atoms with E-state index in [1.807, 2.05) is 39.0 Å². The lowest BCUT2D eigenvalue weighted by Crippen LogP contribution is -2.33. The predicted octanol–water partition coefficient (Wildman–Crippen LogP) is 3.78. The molecule has 6 nitrogen and oxygen atoms in total. The molecular weight excluding hydrogens is 373 g/mol. The van der Waals surface area contributed by atoms with E-state index in [4.69, 9.17) is 4.74 Å². The zero-order chi connectivity index (χ0) is 21.0. The highest BCUT2D eigenvalue weighted by Crippen LogP contribution is 2.16. The van der Waals surface area contributed by atoms with Crippen LogP contribution in [0, 0.1) is 19.7 Å². The van der Waals surface area contributed by atoms with Crippen molar-refractivity contribution in [1.82, 2.24) is 9.78 Å². The number of benzene rings is 2. The number of aromatic nitrogens is 2. The van der Waals surface area contributed by atoms with Gasteiger partial charge in [0, 0.05) is 17.8 Å². The van der Waals surface area contributed by atoms with Crippen molar-refractivity contribution in [1.29, 1.82) is 0 Å². The van der Waals surface area contributed by atoms with Gasteiger partial charge in [-0.2, -0.15) is 4.68 Å². The molecule has 0 bridgehead atoms. The van der Waals surface area contributed by atoms with Crippen molar-refractivity contribution in [2.24, 2.45) is 0 Å². The Balaban J connectivity index is 1.78. The van der Waals surface area contributed by atoms with E-state index in [9.17, 15) is 14.0 Å². The van der Waals surface area contributed by atoms with E-state index in [2.05, 4.69) is 10.4 Å². The Morgan fingerprint density at radius 2 is 1.83 bits per heavy atom. The lowest BCUT2D eigenvalue weighted by molar-refractivity contribution is -0.123. The van der Waals surface area contributed by atoms with Gasteiger partial charge in [0.2, 0.25) is 5.88 Å². The van der Waals surface area contributed by atoms with Gasteiger partial charge in [-0.15, -0.1) is 5.10 Å². The molecule has 0 spiro atoms. The largest absolute Gasteiger partial charge is 0.463 e. The molecule has 2 aromatic carbocycles. The van der Waals surface area contributed by atoms with E-state index in [-0.39, 0.29) is 11.8 Å². The molecule has 150 valence electrons. The molecule has 0 fully saturated rings. The van der Waals surface area contributed by atoms with Crippen molar-refractivity contribution in [2.75, 3.05) is 5.32 Å². The normalized spacial score (nSPS) is 11.7. The Morgan fingerprint density at radius 1 is 1.10 bits per heavy atom. The van der Waals surface area contributed by atoms with Crippen LogP contribution in [0.1, 0.15) is 24.5 Å². The minimum absolute atomic E-state index is 0.121. The first-order chi connectivity index (χ1) is 13.9. The van der Waals surface area contributed by atoms with Crippen LogP contribution in [0.15, 0.2) is 59.4 Å². The number of hydrogen-bond acceptors (Lipinski definition) is 4. The van der Waals surface area contributed by atoms with Crippen LogP contribution in [0.3, 0.4) is 0 Å². The molecule has 0 aliphatic carbocycles. The molecule has 1 aromatic heterocycles. The second-order valence-corrected chi connectivity index (χ2v) is 6.70. The van der Waals surface area contributed by atoms with Gasteiger partial charge in [0.05, 0.1) is 5.69 Å². The summed E-state index contributed by atoms with van der Waals surface area (Å²) in [5.41, 5.74) is 2.90. The minimum Gasteiger partial charge on any atom is -0.463 e. The molecule has 7 heteroatoms. The molecule has 0 saturated carbocycles. The molecule has 1 heterocycles. The predicted molar refractivity (Wildman–Crippen MR) is 109 cm³/mol. The molecule has 0 radical (unpaired) electrons. The van der Waals surface area contributed by atoms with Crippen LogP contribution in [0.5, 0.6) is 5.88 Å². The van der Waals surface area contributed by atoms with Gasteiger partial charge in [-0.3, -0.25) is 9.59 Å². The number of nitrogens with one attached hydrogen (secondary N) is 1. The number of carbonyl (C=O) groups excluding carboxylic acids is 1. The van der Waals surface area contributed by atoms with Gasteiger partial charge in [0.25, 0.3) is 11.5 Å². The van der Waals surface area contributed by atoms with E-state index in [1.165, 1.54) is 36.4 Å². The van der Waals surface area contributed by atoms with Crippen LogP contribution >= 0.6 is 0 Å². The molecule has 1 N–H and O–H groups in total. The van der Waals surface area contributed by atoms with Gasteiger partial charge in [-0.25, -0.2) is 4.39 Å². The molecule has 0 saturated heterocycles. The summed E-state index contributed by atoms with van der Waals surface area (Å²) in [6.45, 7) is 5.79. The first kappa shape index (κ1) is 20.3. The van der Waals surface area contributed by atoms with Gasteiger partial charge < -0.3 is 10.1 Å². The third kappa shape index (κ3) is 4.87. The van der Waals surface area contributed by atoms with E-state index in [0.29, 0.717) is 17.8 Å². The van der Waals surface area contributed by atoms with Gasteiger partial charge in [0.15, 0.2) is 6.10 Å². The summed E-state index contributed by atoms with van der Waals surface area (Å²) in [7, 11) is 0. The average Bonchev–Trinajstić information content (AvgIpc) is 2.70. The zero-order valence-electron chi connectivity index (χ0n) is 16.5. The van der Waals surface area contributed by atoms with Crippen molar-refractivity contribution in [2.45, 2.75) is 33.3 Å². The maximum Gasteiger partial charge on any atom is 0.271 e. The van der Waals surface area contributed by atoms with Gasteiger partial charge in [0.1, 0.15) is 5.82 Å². The molecule has 1 amide bonds. The van der Waals surface area contributed by atoms with Crippen molar-refractivity contribution in [3.63, 3.8) is 0 Å². The second-order valence-electron chi connectivity index (χ2n) is 6.70. The fraction of sp³-hybridized carbons (Fsp3) is 0.227. The smallest absolute Gasteiger partial charge is 0.271 e. The van der Waals surface area contributed by atoms with E-state index in [1.54, 1.807) is 0 Å². The fourth-order valence-corrected chi connectivity index (χ4v) is 2.73. The highest BCUT2D eigenvalue weighted by Gasteiger charge is 2.20. The number of hydrogen-bond donors (Lipinski definition) is 1. The summed E-state index contributed by atoms with van der Waals surface area (Å²) >= 11 is 0. The Labute approximate surface area is 168 Å². The number of anilines is 1. The van der Waals surface area contributed by atoms with E-state index in [0.717, 1.165) is 15.8 Å². The maximum atomic E-state index is 13.1. The zero-order valence-corrected chi connectivity index (χ0v) is 16.5. The molecule has 0 aliphatic rings. The SMILES string of the molecule is CCC(Oc1ccc(=O)n(-c2ccc(F)cc2)n1)C(=O)Nc1ccc(C)c(C)c1. The third-order valence-corrected chi connectivity index (χ3v) is 4.55. The Bertz CT molecular complexity index is 1080. The Hall–Kier alpha value is -3.48. The van der Waals surface area contributed by atoms with Crippen LogP contribution in [0.25, 0.3) is 5.69 Å². The van der Waals surface area contributed by atoms with Crippen LogP contribution in [-0.2, 0) is 4.79 Å².